The molecule has 2 aromatic carbocycles. The lowest BCUT2D eigenvalue weighted by Crippen LogP contribution is -2.29. The summed E-state index contributed by atoms with van der Waals surface area (Å²) < 4.78 is 3.29. The molecule has 0 bridgehead atoms. The first-order valence-electron chi connectivity index (χ1n) is 10.3. The third-order valence-corrected chi connectivity index (χ3v) is 6.63. The minimum Gasteiger partial charge on any atom is -0.319 e. The smallest absolute Gasteiger partial charge is 0.295 e. The Morgan fingerprint density at radius 1 is 1.16 bits per heavy atom. The third-order valence-electron chi connectivity index (χ3n) is 5.69. The van der Waals surface area contributed by atoms with Crippen LogP contribution in [0.2, 0.25) is 0 Å². The number of fused-ring (bicyclic) bond motifs is 3. The van der Waals surface area contributed by atoms with Gasteiger partial charge in [0.15, 0.2) is 5.17 Å². The van der Waals surface area contributed by atoms with Gasteiger partial charge in [-0.2, -0.15) is 5.10 Å². The number of hydrazone groups is 1. The summed E-state index contributed by atoms with van der Waals surface area (Å²) in [5.74, 6) is -0.138. The Bertz CT molecular complexity index is 1310. The van der Waals surface area contributed by atoms with Crippen molar-refractivity contribution in [2.24, 2.45) is 17.1 Å². The molecule has 2 aliphatic heterocycles. The molecule has 5 rings (SSSR count). The molecule has 3 aromatic rings. The van der Waals surface area contributed by atoms with E-state index in [0.717, 1.165) is 23.4 Å². The van der Waals surface area contributed by atoms with Gasteiger partial charge in [-0.15, -0.1) is 0 Å². The highest BCUT2D eigenvalue weighted by molar-refractivity contribution is 8.14. The quantitative estimate of drug-likeness (QED) is 0.664. The molecule has 0 radical (unpaired) electrons. The molecule has 0 saturated heterocycles. The minimum absolute atomic E-state index is 0.115. The van der Waals surface area contributed by atoms with Crippen molar-refractivity contribution in [2.75, 3.05) is 11.1 Å². The molecule has 3 heterocycles. The van der Waals surface area contributed by atoms with Crippen molar-refractivity contribution in [3.63, 3.8) is 0 Å². The van der Waals surface area contributed by atoms with Gasteiger partial charge in [0.25, 0.3) is 5.56 Å². The molecule has 1 aromatic heterocycles. The predicted octanol–water partition coefficient (Wildman–Crippen LogP) is 3.59. The second-order valence-electron chi connectivity index (χ2n) is 7.62. The van der Waals surface area contributed by atoms with E-state index < -0.39 is 0 Å². The Kier molecular flexibility index (Phi) is 5.18. The summed E-state index contributed by atoms with van der Waals surface area (Å²) in [5.41, 5.74) is 3.50. The highest BCUT2D eigenvalue weighted by Crippen LogP contribution is 2.40. The molecule has 0 saturated carbocycles. The summed E-state index contributed by atoms with van der Waals surface area (Å²) in [6.45, 7) is 1.81. The van der Waals surface area contributed by atoms with Gasteiger partial charge in [0.2, 0.25) is 5.91 Å². The summed E-state index contributed by atoms with van der Waals surface area (Å²) in [6, 6.07) is 17.5. The molecule has 162 valence electrons. The van der Waals surface area contributed by atoms with Crippen molar-refractivity contribution in [1.82, 2.24) is 14.4 Å². The van der Waals surface area contributed by atoms with E-state index in [4.69, 9.17) is 4.99 Å². The van der Waals surface area contributed by atoms with Gasteiger partial charge in [0.1, 0.15) is 5.69 Å². The summed E-state index contributed by atoms with van der Waals surface area (Å²) >= 11 is 1.32. The molecule has 1 N–H and O–H groups in total. The monoisotopic (exact) mass is 446 g/mol. The lowest BCUT2D eigenvalue weighted by molar-refractivity contribution is -0.113. The van der Waals surface area contributed by atoms with Gasteiger partial charge in [-0.05, 0) is 25.1 Å². The first kappa shape index (κ1) is 20.3. The Balaban J connectivity index is 1.34. The number of carbonyl (C=O) groups is 1. The number of thioether (sulfide) groups is 1. The van der Waals surface area contributed by atoms with Gasteiger partial charge in [0, 0.05) is 25.2 Å². The van der Waals surface area contributed by atoms with Crippen molar-refractivity contribution in [3.8, 4) is 5.69 Å². The second-order valence-corrected chi connectivity index (χ2v) is 8.56. The summed E-state index contributed by atoms with van der Waals surface area (Å²) in [6.07, 6.45) is 2.69. The van der Waals surface area contributed by atoms with Gasteiger partial charge in [-0.25, -0.2) is 14.7 Å². The van der Waals surface area contributed by atoms with Gasteiger partial charge >= 0.3 is 0 Å². The van der Waals surface area contributed by atoms with Gasteiger partial charge in [-0.3, -0.25) is 14.3 Å². The summed E-state index contributed by atoms with van der Waals surface area (Å²) in [7, 11) is 1.80. The fourth-order valence-corrected chi connectivity index (χ4v) is 4.80. The van der Waals surface area contributed by atoms with Crippen LogP contribution in [0.5, 0.6) is 0 Å². The average molecular weight is 447 g/mol. The van der Waals surface area contributed by atoms with E-state index >= 15 is 0 Å². The number of carbonyl (C=O) groups excluding carboxylic acids is 1. The van der Waals surface area contributed by atoms with Crippen LogP contribution in [0.3, 0.4) is 0 Å². The molecule has 8 nitrogen and oxygen atoms in total. The van der Waals surface area contributed by atoms with Crippen LogP contribution in [-0.4, -0.2) is 37.4 Å². The van der Waals surface area contributed by atoms with Crippen LogP contribution in [0, 0.1) is 6.92 Å². The highest BCUT2D eigenvalue weighted by atomic mass is 32.2. The van der Waals surface area contributed by atoms with Crippen LogP contribution >= 0.6 is 11.8 Å². The van der Waals surface area contributed by atoms with Crippen LogP contribution in [0.25, 0.3) is 5.69 Å². The zero-order valence-electron chi connectivity index (χ0n) is 17.7. The molecule has 0 spiro atoms. The van der Waals surface area contributed by atoms with Crippen molar-refractivity contribution >= 4 is 40.4 Å². The SMILES string of the molecule is Cc1c(NC(=O)CSC2=Nc3ccccc3C3CC=NN23)c(=O)n(-c2ccccc2)n1C. The number of aliphatic imine (C=N–C) groups is 1. The van der Waals surface area contributed by atoms with E-state index in [9.17, 15) is 9.59 Å². The summed E-state index contributed by atoms with van der Waals surface area (Å²) in [4.78, 5) is 30.5. The second kappa shape index (κ2) is 8.16. The molecule has 2 aliphatic rings. The molecular formula is C23H22N6O2S. The van der Waals surface area contributed by atoms with Gasteiger partial charge in [0.05, 0.1) is 28.9 Å². The number of hydrogen-bond donors (Lipinski definition) is 1. The van der Waals surface area contributed by atoms with E-state index in [0.29, 0.717) is 10.9 Å². The van der Waals surface area contributed by atoms with Crippen molar-refractivity contribution < 1.29 is 4.79 Å². The molecule has 32 heavy (non-hydrogen) atoms. The fraction of sp³-hybridized carbons (Fsp3) is 0.217. The normalized spacial score (nSPS) is 16.5. The molecule has 9 heteroatoms. The van der Waals surface area contributed by atoms with Gasteiger partial charge in [-0.1, -0.05) is 48.2 Å². The third kappa shape index (κ3) is 3.44. The Labute approximate surface area is 189 Å². The predicted molar refractivity (Wildman–Crippen MR) is 128 cm³/mol. The first-order valence-corrected chi connectivity index (χ1v) is 11.3. The van der Waals surface area contributed by atoms with E-state index in [1.807, 2.05) is 66.7 Å². The number of rotatable bonds is 4. The number of aromatic nitrogens is 2. The number of amides is 1. The van der Waals surface area contributed by atoms with E-state index in [1.165, 1.54) is 11.8 Å². The molecule has 1 amide bonds. The topological polar surface area (TPSA) is 84.0 Å². The number of para-hydroxylation sites is 2. The molecule has 1 unspecified atom stereocenters. The van der Waals surface area contributed by atoms with Crippen molar-refractivity contribution in [1.29, 1.82) is 0 Å². The largest absolute Gasteiger partial charge is 0.319 e. The van der Waals surface area contributed by atoms with E-state index in [2.05, 4.69) is 16.5 Å². The summed E-state index contributed by atoms with van der Waals surface area (Å²) in [5, 5.41) is 9.80. The molecule has 1 atom stereocenters. The maximum absolute atomic E-state index is 13.0. The molecular weight excluding hydrogens is 424 g/mol. The van der Waals surface area contributed by atoms with Crippen LogP contribution in [0.4, 0.5) is 11.4 Å². The van der Waals surface area contributed by atoms with E-state index in [1.54, 1.807) is 16.4 Å². The maximum Gasteiger partial charge on any atom is 0.295 e. The standard InChI is InChI=1S/C23H22N6O2S/c1-15-21(22(31)29(27(15)2)16-8-4-3-5-9-16)26-20(30)14-32-23-25-18-11-7-6-10-17(18)19-12-13-24-28(19)23/h3-11,13,19H,12,14H2,1-2H3,(H,26,30). The Morgan fingerprint density at radius 3 is 2.72 bits per heavy atom. The van der Waals surface area contributed by atoms with Gasteiger partial charge < -0.3 is 5.32 Å². The van der Waals surface area contributed by atoms with Crippen molar-refractivity contribution in [3.05, 3.63) is 76.2 Å². The number of hydrogen-bond acceptors (Lipinski definition) is 6. The molecule has 0 aliphatic carbocycles. The molecule has 0 fully saturated rings. The Hall–Kier alpha value is -3.59. The number of amidine groups is 1. The lowest BCUT2D eigenvalue weighted by atomic mass is 10.0. The first-order chi connectivity index (χ1) is 15.5. The van der Waals surface area contributed by atoms with Crippen LogP contribution in [0.1, 0.15) is 23.7 Å². The number of anilines is 1. The van der Waals surface area contributed by atoms with Crippen LogP contribution in [0.15, 0.2) is 69.5 Å². The average Bonchev–Trinajstić information content (AvgIpc) is 3.38. The maximum atomic E-state index is 13.0. The zero-order valence-corrected chi connectivity index (χ0v) is 18.5. The number of nitrogens with zero attached hydrogens (tertiary/aromatic N) is 5. The highest BCUT2D eigenvalue weighted by Gasteiger charge is 2.32. The Morgan fingerprint density at radius 2 is 1.91 bits per heavy atom. The zero-order chi connectivity index (χ0) is 22.2. The van der Waals surface area contributed by atoms with Crippen LogP contribution < -0.4 is 10.9 Å². The van der Waals surface area contributed by atoms with E-state index in [-0.39, 0.29) is 28.9 Å². The number of nitrogens with one attached hydrogen (secondary N) is 1. The number of benzene rings is 2. The van der Waals surface area contributed by atoms with Crippen LogP contribution in [-0.2, 0) is 11.8 Å². The van der Waals surface area contributed by atoms with Crippen molar-refractivity contribution in [2.45, 2.75) is 19.4 Å². The fourth-order valence-electron chi connectivity index (χ4n) is 4.00. The minimum atomic E-state index is -0.262. The lowest BCUT2D eigenvalue weighted by Gasteiger charge is -2.29.